The molecule has 2 aromatic rings. The number of carbonyl (C=O) groups excluding carboxylic acids is 1. The van der Waals surface area contributed by atoms with Gasteiger partial charge in [0.2, 0.25) is 0 Å². The van der Waals surface area contributed by atoms with Crippen LogP contribution < -0.4 is 4.74 Å². The monoisotopic (exact) mass is 339 g/mol. The molecule has 1 unspecified atom stereocenters. The average molecular weight is 339 g/mol. The van der Waals surface area contributed by atoms with Crippen LogP contribution in [0.4, 0.5) is 0 Å². The van der Waals surface area contributed by atoms with Crippen molar-refractivity contribution in [2.75, 3.05) is 0 Å². The zero-order valence-corrected chi connectivity index (χ0v) is 14.1. The number of rotatable bonds is 7. The highest BCUT2D eigenvalue weighted by molar-refractivity contribution is 5.97. The molecular weight excluding hydrogens is 318 g/mol. The van der Waals surface area contributed by atoms with Gasteiger partial charge in [-0.25, -0.2) is 4.79 Å². The minimum Gasteiger partial charge on any atom is -0.489 e. The van der Waals surface area contributed by atoms with Gasteiger partial charge in [-0.15, -0.1) is 0 Å². The molecule has 5 nitrogen and oxygen atoms in total. The molecule has 0 bridgehead atoms. The highest BCUT2D eigenvalue weighted by Gasteiger charge is 2.38. The van der Waals surface area contributed by atoms with Crippen molar-refractivity contribution in [3.8, 4) is 5.75 Å². The van der Waals surface area contributed by atoms with Crippen molar-refractivity contribution < 1.29 is 19.4 Å². The number of carboxylic acids is 1. The van der Waals surface area contributed by atoms with Gasteiger partial charge < -0.3 is 14.7 Å². The molecule has 0 aliphatic heterocycles. The Labute approximate surface area is 146 Å². The lowest BCUT2D eigenvalue weighted by atomic mass is 10.1. The molecule has 3 rings (SSSR count). The molecule has 0 aromatic heterocycles. The number of carboxylic acid groups (broad SMARTS) is 1. The van der Waals surface area contributed by atoms with E-state index >= 15 is 0 Å². The minimum atomic E-state index is -0.979. The van der Waals surface area contributed by atoms with Crippen LogP contribution in [0.25, 0.3) is 0 Å². The molecule has 1 amide bonds. The maximum atomic E-state index is 12.7. The van der Waals surface area contributed by atoms with Gasteiger partial charge in [0.05, 0.1) is 0 Å². The van der Waals surface area contributed by atoms with Crippen LogP contribution in [0.2, 0.25) is 0 Å². The molecule has 1 atom stereocenters. The van der Waals surface area contributed by atoms with E-state index in [9.17, 15) is 14.7 Å². The van der Waals surface area contributed by atoms with Crippen LogP contribution in [0.5, 0.6) is 5.75 Å². The summed E-state index contributed by atoms with van der Waals surface area (Å²) in [7, 11) is 0. The Balaban J connectivity index is 1.66. The van der Waals surface area contributed by atoms with Crippen LogP contribution in [-0.4, -0.2) is 34.0 Å². The van der Waals surface area contributed by atoms with Gasteiger partial charge in [-0.05, 0) is 49.6 Å². The van der Waals surface area contributed by atoms with E-state index in [0.717, 1.165) is 24.2 Å². The zero-order chi connectivity index (χ0) is 17.8. The van der Waals surface area contributed by atoms with E-state index in [1.54, 1.807) is 19.1 Å². The average Bonchev–Trinajstić information content (AvgIpc) is 3.46. The van der Waals surface area contributed by atoms with Crippen molar-refractivity contribution in [3.63, 3.8) is 0 Å². The normalized spacial score (nSPS) is 14.6. The topological polar surface area (TPSA) is 66.8 Å². The molecule has 0 heterocycles. The van der Waals surface area contributed by atoms with E-state index < -0.39 is 12.0 Å². The van der Waals surface area contributed by atoms with Crippen LogP contribution in [0.3, 0.4) is 0 Å². The lowest BCUT2D eigenvalue weighted by Crippen LogP contribution is -2.44. The molecule has 1 N–H and O–H groups in total. The summed E-state index contributed by atoms with van der Waals surface area (Å²) in [4.78, 5) is 25.5. The summed E-state index contributed by atoms with van der Waals surface area (Å²) in [5.41, 5.74) is 1.45. The van der Waals surface area contributed by atoms with Crippen molar-refractivity contribution >= 4 is 11.9 Å². The van der Waals surface area contributed by atoms with Gasteiger partial charge in [0.1, 0.15) is 18.4 Å². The number of para-hydroxylation sites is 1. The van der Waals surface area contributed by atoms with E-state index in [0.29, 0.717) is 12.2 Å². The first-order valence-corrected chi connectivity index (χ1v) is 8.38. The Kier molecular flexibility index (Phi) is 5.03. The molecule has 1 fully saturated rings. The number of aliphatic carboxylic acids is 1. The Bertz CT molecular complexity index is 738. The maximum Gasteiger partial charge on any atom is 0.326 e. The fraction of sp³-hybridized carbons (Fsp3) is 0.300. The third-order valence-electron chi connectivity index (χ3n) is 4.30. The molecule has 1 aliphatic rings. The van der Waals surface area contributed by atoms with Crippen molar-refractivity contribution in [1.82, 2.24) is 4.90 Å². The Morgan fingerprint density at radius 2 is 1.76 bits per heavy atom. The predicted molar refractivity (Wildman–Crippen MR) is 93.5 cm³/mol. The standard InChI is InChI=1S/C20H21NO4/c1-14(20(23)24)21(17-11-12-17)19(22)16-9-7-15(8-10-16)13-25-18-5-3-2-4-6-18/h2-10,14,17H,11-13H2,1H3,(H,23,24). The van der Waals surface area contributed by atoms with Crippen LogP contribution in [0, 0.1) is 0 Å². The zero-order valence-electron chi connectivity index (χ0n) is 14.1. The van der Waals surface area contributed by atoms with Crippen LogP contribution in [-0.2, 0) is 11.4 Å². The van der Waals surface area contributed by atoms with Crippen molar-refractivity contribution in [1.29, 1.82) is 0 Å². The number of hydrogen-bond donors (Lipinski definition) is 1. The van der Waals surface area contributed by atoms with E-state index in [1.807, 2.05) is 42.5 Å². The smallest absolute Gasteiger partial charge is 0.326 e. The summed E-state index contributed by atoms with van der Waals surface area (Å²) in [6, 6.07) is 15.9. The van der Waals surface area contributed by atoms with Crippen LogP contribution in [0.15, 0.2) is 54.6 Å². The first-order valence-electron chi connectivity index (χ1n) is 8.38. The van der Waals surface area contributed by atoms with Crippen molar-refractivity contribution in [3.05, 3.63) is 65.7 Å². The van der Waals surface area contributed by atoms with Gasteiger partial charge in [0.15, 0.2) is 0 Å². The second-order valence-electron chi connectivity index (χ2n) is 6.26. The second-order valence-corrected chi connectivity index (χ2v) is 6.26. The van der Waals surface area contributed by atoms with Crippen LogP contribution in [0.1, 0.15) is 35.7 Å². The number of ether oxygens (including phenoxy) is 1. The number of carbonyl (C=O) groups is 2. The summed E-state index contributed by atoms with van der Waals surface area (Å²) in [5, 5.41) is 9.24. The molecule has 1 aliphatic carbocycles. The predicted octanol–water partition coefficient (Wildman–Crippen LogP) is 3.34. The highest BCUT2D eigenvalue weighted by Crippen LogP contribution is 2.30. The Morgan fingerprint density at radius 3 is 2.32 bits per heavy atom. The lowest BCUT2D eigenvalue weighted by Gasteiger charge is -2.26. The highest BCUT2D eigenvalue weighted by atomic mass is 16.5. The summed E-state index contributed by atoms with van der Waals surface area (Å²) < 4.78 is 5.68. The van der Waals surface area contributed by atoms with E-state index in [-0.39, 0.29) is 11.9 Å². The van der Waals surface area contributed by atoms with Gasteiger partial charge in [-0.3, -0.25) is 4.79 Å². The van der Waals surface area contributed by atoms with Gasteiger partial charge in [-0.2, -0.15) is 0 Å². The van der Waals surface area contributed by atoms with Gasteiger partial charge in [0, 0.05) is 11.6 Å². The lowest BCUT2D eigenvalue weighted by molar-refractivity contribution is -0.141. The largest absolute Gasteiger partial charge is 0.489 e. The molecule has 1 saturated carbocycles. The molecule has 5 heteroatoms. The molecular formula is C20H21NO4. The first kappa shape index (κ1) is 17.0. The minimum absolute atomic E-state index is 0.0414. The second kappa shape index (κ2) is 7.38. The molecule has 25 heavy (non-hydrogen) atoms. The fourth-order valence-corrected chi connectivity index (χ4v) is 2.71. The molecule has 0 radical (unpaired) electrons. The molecule has 130 valence electrons. The SMILES string of the molecule is CC(C(=O)O)N(C(=O)c1ccc(COc2ccccc2)cc1)C1CC1. The fourth-order valence-electron chi connectivity index (χ4n) is 2.71. The molecule has 0 saturated heterocycles. The summed E-state index contributed by atoms with van der Waals surface area (Å²) in [5.74, 6) is -0.418. The molecule has 0 spiro atoms. The van der Waals surface area contributed by atoms with Gasteiger partial charge >= 0.3 is 5.97 Å². The number of nitrogens with zero attached hydrogens (tertiary/aromatic N) is 1. The van der Waals surface area contributed by atoms with E-state index in [1.165, 1.54) is 4.90 Å². The van der Waals surface area contributed by atoms with Crippen LogP contribution >= 0.6 is 0 Å². The van der Waals surface area contributed by atoms with Gasteiger partial charge in [-0.1, -0.05) is 30.3 Å². The Morgan fingerprint density at radius 1 is 1.12 bits per heavy atom. The first-order chi connectivity index (χ1) is 12.1. The van der Waals surface area contributed by atoms with Crippen molar-refractivity contribution in [2.24, 2.45) is 0 Å². The van der Waals surface area contributed by atoms with E-state index in [4.69, 9.17) is 4.74 Å². The number of hydrogen-bond acceptors (Lipinski definition) is 3. The van der Waals surface area contributed by atoms with Gasteiger partial charge in [0.25, 0.3) is 5.91 Å². The summed E-state index contributed by atoms with van der Waals surface area (Å²) in [6.45, 7) is 1.97. The van der Waals surface area contributed by atoms with Crippen molar-refractivity contribution in [2.45, 2.75) is 38.5 Å². The third-order valence-corrected chi connectivity index (χ3v) is 4.30. The van der Waals surface area contributed by atoms with E-state index in [2.05, 4.69) is 0 Å². The Hall–Kier alpha value is -2.82. The number of benzene rings is 2. The number of amides is 1. The maximum absolute atomic E-state index is 12.7. The summed E-state index contributed by atoms with van der Waals surface area (Å²) >= 11 is 0. The third kappa shape index (κ3) is 4.18. The quantitative estimate of drug-likeness (QED) is 0.840. The molecule has 2 aromatic carbocycles. The summed E-state index contributed by atoms with van der Waals surface area (Å²) in [6.07, 6.45) is 1.73.